The SMILES string of the molecule is CCOC1C(Br)CC1Oc1cc(Br)ccc1C. The molecule has 0 aliphatic heterocycles. The fourth-order valence-corrected chi connectivity index (χ4v) is 3.11. The van der Waals surface area contributed by atoms with E-state index in [-0.39, 0.29) is 12.2 Å². The molecule has 1 fully saturated rings. The fourth-order valence-electron chi connectivity index (χ4n) is 1.91. The van der Waals surface area contributed by atoms with Crippen molar-refractivity contribution >= 4 is 31.9 Å². The van der Waals surface area contributed by atoms with E-state index in [9.17, 15) is 0 Å². The van der Waals surface area contributed by atoms with Gasteiger partial charge in [-0.1, -0.05) is 37.9 Å². The van der Waals surface area contributed by atoms with Crippen LogP contribution in [0.2, 0.25) is 0 Å². The minimum atomic E-state index is 0.160. The standard InChI is InChI=1S/C13H16Br2O2/c1-3-16-13-10(15)7-12(13)17-11-6-9(14)5-4-8(11)2/h4-6,10,12-13H,3,7H2,1-2H3. The number of ether oxygens (including phenoxy) is 2. The van der Waals surface area contributed by atoms with Crippen LogP contribution in [-0.2, 0) is 4.74 Å². The quantitative estimate of drug-likeness (QED) is 0.750. The van der Waals surface area contributed by atoms with Crippen molar-refractivity contribution in [2.75, 3.05) is 6.61 Å². The van der Waals surface area contributed by atoms with E-state index in [1.165, 1.54) is 0 Å². The van der Waals surface area contributed by atoms with Gasteiger partial charge in [0.2, 0.25) is 0 Å². The van der Waals surface area contributed by atoms with Crippen LogP contribution in [0.25, 0.3) is 0 Å². The minimum absolute atomic E-state index is 0.160. The lowest BCUT2D eigenvalue weighted by Gasteiger charge is -2.41. The third-order valence-electron chi connectivity index (χ3n) is 2.97. The smallest absolute Gasteiger partial charge is 0.127 e. The molecule has 0 aromatic heterocycles. The Balaban J connectivity index is 2.03. The van der Waals surface area contributed by atoms with Gasteiger partial charge in [-0.05, 0) is 31.5 Å². The maximum atomic E-state index is 6.01. The zero-order valence-electron chi connectivity index (χ0n) is 9.95. The number of aryl methyl sites for hydroxylation is 1. The van der Waals surface area contributed by atoms with Crippen molar-refractivity contribution in [3.05, 3.63) is 28.2 Å². The van der Waals surface area contributed by atoms with E-state index < -0.39 is 0 Å². The molecule has 94 valence electrons. The second-order valence-electron chi connectivity index (χ2n) is 4.24. The van der Waals surface area contributed by atoms with Crippen molar-refractivity contribution in [3.8, 4) is 5.75 Å². The number of hydrogen-bond donors (Lipinski definition) is 0. The third kappa shape index (κ3) is 3.04. The molecule has 0 N–H and O–H groups in total. The largest absolute Gasteiger partial charge is 0.487 e. The minimum Gasteiger partial charge on any atom is -0.487 e. The molecule has 1 aliphatic rings. The molecular weight excluding hydrogens is 348 g/mol. The Labute approximate surface area is 119 Å². The molecule has 0 heterocycles. The first kappa shape index (κ1) is 13.4. The lowest BCUT2D eigenvalue weighted by molar-refractivity contribution is -0.0725. The molecule has 3 atom stereocenters. The van der Waals surface area contributed by atoms with Crippen LogP contribution >= 0.6 is 31.9 Å². The predicted octanol–water partition coefficient (Wildman–Crippen LogP) is 4.08. The van der Waals surface area contributed by atoms with Gasteiger partial charge in [0.15, 0.2) is 0 Å². The highest BCUT2D eigenvalue weighted by molar-refractivity contribution is 9.10. The van der Waals surface area contributed by atoms with Crippen LogP contribution in [0.4, 0.5) is 0 Å². The Morgan fingerprint density at radius 2 is 2.18 bits per heavy atom. The van der Waals surface area contributed by atoms with Crippen LogP contribution < -0.4 is 4.74 Å². The van der Waals surface area contributed by atoms with Crippen molar-refractivity contribution in [2.45, 2.75) is 37.3 Å². The van der Waals surface area contributed by atoms with E-state index in [2.05, 4.69) is 44.8 Å². The van der Waals surface area contributed by atoms with Gasteiger partial charge in [0.1, 0.15) is 18.0 Å². The number of rotatable bonds is 4. The Bertz CT molecular complexity index is 395. The summed E-state index contributed by atoms with van der Waals surface area (Å²) in [5, 5.41) is 0. The summed E-state index contributed by atoms with van der Waals surface area (Å²) in [6, 6.07) is 6.09. The van der Waals surface area contributed by atoms with Crippen LogP contribution in [0.15, 0.2) is 22.7 Å². The van der Waals surface area contributed by atoms with Gasteiger partial charge in [-0.25, -0.2) is 0 Å². The van der Waals surface area contributed by atoms with Gasteiger partial charge in [-0.3, -0.25) is 0 Å². The van der Waals surface area contributed by atoms with E-state index in [4.69, 9.17) is 9.47 Å². The van der Waals surface area contributed by atoms with Crippen molar-refractivity contribution in [2.24, 2.45) is 0 Å². The Morgan fingerprint density at radius 1 is 1.41 bits per heavy atom. The second-order valence-corrected chi connectivity index (χ2v) is 6.33. The summed E-state index contributed by atoms with van der Waals surface area (Å²) >= 11 is 7.06. The van der Waals surface area contributed by atoms with E-state index >= 15 is 0 Å². The molecule has 1 saturated carbocycles. The first-order valence-corrected chi connectivity index (χ1v) is 7.51. The molecule has 0 amide bonds. The van der Waals surface area contributed by atoms with E-state index in [1.807, 2.05) is 19.1 Å². The number of halogens is 2. The predicted molar refractivity (Wildman–Crippen MR) is 76.0 cm³/mol. The average molecular weight is 364 g/mol. The van der Waals surface area contributed by atoms with Gasteiger partial charge in [0, 0.05) is 22.3 Å². The van der Waals surface area contributed by atoms with Gasteiger partial charge in [0.05, 0.1) is 0 Å². The summed E-state index contributed by atoms with van der Waals surface area (Å²) < 4.78 is 12.7. The maximum Gasteiger partial charge on any atom is 0.127 e. The van der Waals surface area contributed by atoms with Crippen molar-refractivity contribution in [1.29, 1.82) is 0 Å². The molecule has 3 unspecified atom stereocenters. The molecule has 4 heteroatoms. The van der Waals surface area contributed by atoms with Crippen LogP contribution in [0.5, 0.6) is 5.75 Å². The Hall–Kier alpha value is -0.0600. The zero-order chi connectivity index (χ0) is 12.4. The van der Waals surface area contributed by atoms with Crippen LogP contribution in [-0.4, -0.2) is 23.6 Å². The van der Waals surface area contributed by atoms with Gasteiger partial charge < -0.3 is 9.47 Å². The average Bonchev–Trinajstić information content (AvgIpc) is 2.30. The summed E-state index contributed by atoms with van der Waals surface area (Å²) in [4.78, 5) is 0.417. The van der Waals surface area contributed by atoms with Gasteiger partial charge in [-0.2, -0.15) is 0 Å². The summed E-state index contributed by atoms with van der Waals surface area (Å²) in [5.74, 6) is 0.938. The highest BCUT2D eigenvalue weighted by Crippen LogP contribution is 2.35. The molecule has 1 aromatic rings. The molecule has 1 aliphatic carbocycles. The molecule has 17 heavy (non-hydrogen) atoms. The van der Waals surface area contributed by atoms with Crippen molar-refractivity contribution in [1.82, 2.24) is 0 Å². The molecule has 0 radical (unpaired) electrons. The van der Waals surface area contributed by atoms with Crippen molar-refractivity contribution < 1.29 is 9.47 Å². The van der Waals surface area contributed by atoms with Crippen LogP contribution in [0, 0.1) is 6.92 Å². The molecule has 2 nitrogen and oxygen atoms in total. The van der Waals surface area contributed by atoms with Gasteiger partial charge in [-0.15, -0.1) is 0 Å². The van der Waals surface area contributed by atoms with E-state index in [0.29, 0.717) is 4.83 Å². The van der Waals surface area contributed by atoms with Crippen LogP contribution in [0.1, 0.15) is 18.9 Å². The van der Waals surface area contributed by atoms with Crippen LogP contribution in [0.3, 0.4) is 0 Å². The Kier molecular flexibility index (Phi) is 4.50. The fraction of sp³-hybridized carbons (Fsp3) is 0.538. The molecule has 2 rings (SSSR count). The van der Waals surface area contributed by atoms with Gasteiger partial charge >= 0.3 is 0 Å². The summed E-state index contributed by atoms with van der Waals surface area (Å²) in [6.45, 7) is 4.80. The Morgan fingerprint density at radius 3 is 2.82 bits per heavy atom. The summed E-state index contributed by atoms with van der Waals surface area (Å²) in [7, 11) is 0. The van der Waals surface area contributed by atoms with Gasteiger partial charge in [0.25, 0.3) is 0 Å². The van der Waals surface area contributed by atoms with E-state index in [1.54, 1.807) is 0 Å². The summed E-state index contributed by atoms with van der Waals surface area (Å²) in [6.07, 6.45) is 1.32. The monoisotopic (exact) mass is 362 g/mol. The number of alkyl halides is 1. The highest BCUT2D eigenvalue weighted by atomic mass is 79.9. The second kappa shape index (κ2) is 5.72. The van der Waals surface area contributed by atoms with E-state index in [0.717, 1.165) is 28.8 Å². The first-order valence-electron chi connectivity index (χ1n) is 5.80. The maximum absolute atomic E-state index is 6.01. The lowest BCUT2D eigenvalue weighted by atomic mass is 9.91. The molecule has 0 bridgehead atoms. The third-order valence-corrected chi connectivity index (χ3v) is 4.36. The zero-order valence-corrected chi connectivity index (χ0v) is 13.1. The molecular formula is C13H16Br2O2. The molecule has 0 spiro atoms. The lowest BCUT2D eigenvalue weighted by Crippen LogP contribution is -2.52. The highest BCUT2D eigenvalue weighted by Gasteiger charge is 2.42. The van der Waals surface area contributed by atoms with Crippen molar-refractivity contribution in [3.63, 3.8) is 0 Å². The topological polar surface area (TPSA) is 18.5 Å². The number of benzene rings is 1. The first-order chi connectivity index (χ1) is 8.11. The normalized spacial score (nSPS) is 27.6. The molecule has 1 aromatic carbocycles. The summed E-state index contributed by atoms with van der Waals surface area (Å²) in [5.41, 5.74) is 1.15. The molecule has 0 saturated heterocycles. The number of hydrogen-bond acceptors (Lipinski definition) is 2.